The summed E-state index contributed by atoms with van der Waals surface area (Å²) in [6.07, 6.45) is 1.63. The Hall–Kier alpha value is -0.160. The molecule has 0 aliphatic heterocycles. The largest absolute Gasteiger partial charge is 0.298 e. The van der Waals surface area contributed by atoms with Gasteiger partial charge in [-0.25, -0.2) is 4.98 Å². The predicted molar refractivity (Wildman–Crippen MR) is 73.1 cm³/mol. The Balaban J connectivity index is 2.98. The van der Waals surface area contributed by atoms with Crippen LogP contribution >= 0.6 is 31.9 Å². The van der Waals surface area contributed by atoms with Gasteiger partial charge in [0, 0.05) is 11.9 Å². The molecule has 0 saturated carbocycles. The van der Waals surface area contributed by atoms with Gasteiger partial charge in [0.1, 0.15) is 4.47 Å². The molecule has 0 aliphatic carbocycles. The van der Waals surface area contributed by atoms with Crippen LogP contribution in [0.25, 0.3) is 0 Å². The van der Waals surface area contributed by atoms with E-state index >= 15 is 0 Å². The Bertz CT molecular complexity index is 415. The molecule has 3 nitrogen and oxygen atoms in total. The maximum Gasteiger partial charge on any atom is 0.267 e. The number of halogens is 2. The highest BCUT2D eigenvalue weighted by Gasteiger charge is 2.14. The van der Waals surface area contributed by atoms with E-state index in [4.69, 9.17) is 0 Å². The number of hydrogen-bond donors (Lipinski definition) is 0. The fourth-order valence-corrected chi connectivity index (χ4v) is 2.65. The van der Waals surface area contributed by atoms with Crippen LogP contribution in [-0.4, -0.2) is 14.9 Å². The summed E-state index contributed by atoms with van der Waals surface area (Å²) in [6.45, 7) is 6.84. The molecule has 1 heterocycles. The van der Waals surface area contributed by atoms with E-state index in [-0.39, 0.29) is 5.56 Å². The lowest BCUT2D eigenvalue weighted by atomic mass is 9.98. The van der Waals surface area contributed by atoms with Gasteiger partial charge in [-0.2, -0.15) is 0 Å². The van der Waals surface area contributed by atoms with Crippen molar-refractivity contribution in [3.8, 4) is 0 Å². The van der Waals surface area contributed by atoms with Gasteiger partial charge in [0.15, 0.2) is 0 Å². The quantitative estimate of drug-likeness (QED) is 0.781. The third-order valence-electron chi connectivity index (χ3n) is 2.73. The van der Waals surface area contributed by atoms with Crippen molar-refractivity contribution in [3.63, 3.8) is 0 Å². The number of aromatic nitrogens is 2. The topological polar surface area (TPSA) is 34.9 Å². The molecule has 90 valence electrons. The molecule has 5 heteroatoms. The molecule has 0 fully saturated rings. The zero-order valence-electron chi connectivity index (χ0n) is 9.70. The molecule has 1 aromatic heterocycles. The van der Waals surface area contributed by atoms with Crippen LogP contribution in [0.15, 0.2) is 15.6 Å². The first-order chi connectivity index (χ1) is 7.47. The number of hydrogen-bond acceptors (Lipinski definition) is 2. The molecular weight excluding hydrogens is 336 g/mol. The maximum atomic E-state index is 11.9. The molecule has 16 heavy (non-hydrogen) atoms. The summed E-state index contributed by atoms with van der Waals surface area (Å²) in [6, 6.07) is 0. The first-order valence-corrected chi connectivity index (χ1v) is 7.16. The lowest BCUT2D eigenvalue weighted by Crippen LogP contribution is -2.28. The van der Waals surface area contributed by atoms with Crippen molar-refractivity contribution in [2.24, 2.45) is 11.8 Å². The molecule has 0 aromatic carbocycles. The van der Waals surface area contributed by atoms with Gasteiger partial charge < -0.3 is 0 Å². The highest BCUT2D eigenvalue weighted by Crippen LogP contribution is 2.16. The Kier molecular flexibility index (Phi) is 5.18. The van der Waals surface area contributed by atoms with Crippen molar-refractivity contribution in [2.45, 2.75) is 27.3 Å². The molecule has 0 spiro atoms. The summed E-state index contributed by atoms with van der Waals surface area (Å²) in [5.74, 6) is 0.973. The standard InChI is InChI=1S/C11H16Br2N2O/c1-7(2)9(4-12)5-15-6-14-8(3)10(13)11(15)16/h6-7,9H,4-5H2,1-3H3. The van der Waals surface area contributed by atoms with Crippen molar-refractivity contribution >= 4 is 31.9 Å². The molecule has 0 amide bonds. The van der Waals surface area contributed by atoms with Gasteiger partial charge in [0.25, 0.3) is 5.56 Å². The number of alkyl halides is 1. The van der Waals surface area contributed by atoms with Gasteiger partial charge in [0.2, 0.25) is 0 Å². The van der Waals surface area contributed by atoms with Crippen LogP contribution in [0.4, 0.5) is 0 Å². The van der Waals surface area contributed by atoms with E-state index in [0.29, 0.717) is 22.9 Å². The molecule has 1 atom stereocenters. The maximum absolute atomic E-state index is 11.9. The average molecular weight is 352 g/mol. The van der Waals surface area contributed by atoms with Crippen LogP contribution in [0.1, 0.15) is 19.5 Å². The second-order valence-corrected chi connectivity index (χ2v) is 5.70. The summed E-state index contributed by atoms with van der Waals surface area (Å²) in [5, 5.41) is 0.891. The Labute approximate surface area is 113 Å². The Morgan fingerprint density at radius 1 is 1.50 bits per heavy atom. The van der Waals surface area contributed by atoms with Gasteiger partial charge in [-0.1, -0.05) is 29.8 Å². The van der Waals surface area contributed by atoms with Crippen molar-refractivity contribution in [1.29, 1.82) is 0 Å². The van der Waals surface area contributed by atoms with Crippen molar-refractivity contribution in [2.75, 3.05) is 5.33 Å². The van der Waals surface area contributed by atoms with E-state index < -0.39 is 0 Å². The Morgan fingerprint density at radius 2 is 2.12 bits per heavy atom. The van der Waals surface area contributed by atoms with Gasteiger partial charge in [-0.15, -0.1) is 0 Å². The van der Waals surface area contributed by atoms with E-state index in [2.05, 4.69) is 50.7 Å². The van der Waals surface area contributed by atoms with Gasteiger partial charge in [0.05, 0.1) is 12.0 Å². The van der Waals surface area contributed by atoms with E-state index in [0.717, 1.165) is 11.0 Å². The molecule has 0 radical (unpaired) electrons. The zero-order valence-corrected chi connectivity index (χ0v) is 12.9. The summed E-state index contributed by atoms with van der Waals surface area (Å²) >= 11 is 6.76. The first kappa shape index (κ1) is 13.9. The molecule has 1 aromatic rings. The summed E-state index contributed by atoms with van der Waals surface area (Å²) in [4.78, 5) is 16.1. The lowest BCUT2D eigenvalue weighted by molar-refractivity contribution is 0.366. The number of nitrogens with zero attached hydrogens (tertiary/aromatic N) is 2. The predicted octanol–water partition coefficient (Wildman–Crippen LogP) is 2.98. The van der Waals surface area contributed by atoms with Crippen molar-refractivity contribution in [3.05, 3.63) is 26.8 Å². The number of rotatable bonds is 4. The second kappa shape index (κ2) is 5.96. The van der Waals surface area contributed by atoms with Gasteiger partial charge in [-0.05, 0) is 34.7 Å². The van der Waals surface area contributed by atoms with Crippen LogP contribution in [0.5, 0.6) is 0 Å². The first-order valence-electron chi connectivity index (χ1n) is 5.24. The van der Waals surface area contributed by atoms with E-state index in [1.807, 2.05) is 6.92 Å². The molecule has 1 unspecified atom stereocenters. The Morgan fingerprint density at radius 3 is 2.62 bits per heavy atom. The van der Waals surface area contributed by atoms with Crippen molar-refractivity contribution < 1.29 is 0 Å². The van der Waals surface area contributed by atoms with Crippen LogP contribution in [0.3, 0.4) is 0 Å². The van der Waals surface area contributed by atoms with Crippen LogP contribution in [0, 0.1) is 18.8 Å². The normalized spacial score (nSPS) is 13.1. The minimum absolute atomic E-state index is 0.000833. The molecule has 0 bridgehead atoms. The minimum Gasteiger partial charge on any atom is -0.298 e. The fourth-order valence-electron chi connectivity index (χ4n) is 1.37. The van der Waals surface area contributed by atoms with Crippen molar-refractivity contribution in [1.82, 2.24) is 9.55 Å². The summed E-state index contributed by atoms with van der Waals surface area (Å²) in [7, 11) is 0. The molecule has 0 saturated heterocycles. The molecule has 0 N–H and O–H groups in total. The monoisotopic (exact) mass is 350 g/mol. The molecular formula is C11H16Br2N2O. The van der Waals surface area contributed by atoms with Gasteiger partial charge in [-0.3, -0.25) is 9.36 Å². The summed E-state index contributed by atoms with van der Waals surface area (Å²) in [5.41, 5.74) is 0.736. The van der Waals surface area contributed by atoms with E-state index in [1.54, 1.807) is 10.9 Å². The lowest BCUT2D eigenvalue weighted by Gasteiger charge is -2.19. The summed E-state index contributed by atoms with van der Waals surface area (Å²) < 4.78 is 2.23. The van der Waals surface area contributed by atoms with Crippen LogP contribution < -0.4 is 5.56 Å². The third-order valence-corrected chi connectivity index (χ3v) is 4.47. The second-order valence-electron chi connectivity index (χ2n) is 4.26. The smallest absolute Gasteiger partial charge is 0.267 e. The minimum atomic E-state index is -0.000833. The fraction of sp³-hybridized carbons (Fsp3) is 0.636. The molecule has 0 aliphatic rings. The van der Waals surface area contributed by atoms with E-state index in [9.17, 15) is 4.79 Å². The van der Waals surface area contributed by atoms with Crippen LogP contribution in [0.2, 0.25) is 0 Å². The highest BCUT2D eigenvalue weighted by molar-refractivity contribution is 9.10. The van der Waals surface area contributed by atoms with Gasteiger partial charge >= 0.3 is 0 Å². The van der Waals surface area contributed by atoms with Crippen LogP contribution in [-0.2, 0) is 6.54 Å². The SMILES string of the molecule is Cc1ncn(CC(CBr)C(C)C)c(=O)c1Br. The van der Waals surface area contributed by atoms with E-state index in [1.165, 1.54) is 0 Å². The molecule has 1 rings (SSSR count). The highest BCUT2D eigenvalue weighted by atomic mass is 79.9. The third kappa shape index (κ3) is 3.17. The average Bonchev–Trinajstić information content (AvgIpc) is 2.25. The zero-order chi connectivity index (χ0) is 12.3. The number of aryl methyl sites for hydroxylation is 1.